The van der Waals surface area contributed by atoms with E-state index in [1.807, 2.05) is 0 Å². The van der Waals surface area contributed by atoms with Crippen molar-refractivity contribution in [3.63, 3.8) is 0 Å². The minimum atomic E-state index is -0.212. The predicted molar refractivity (Wildman–Crippen MR) is 53.2 cm³/mol. The maximum Gasteiger partial charge on any atom is 0.130 e. The quantitative estimate of drug-likeness (QED) is 0.748. The third kappa shape index (κ3) is 2.37. The number of aldehydes is 1. The summed E-state index contributed by atoms with van der Waals surface area (Å²) < 4.78 is 14.2. The Morgan fingerprint density at radius 1 is 1.54 bits per heavy atom. The highest BCUT2D eigenvalue weighted by Gasteiger charge is 2.08. The molecular weight excluding hydrogens is 235 g/mol. The Labute approximate surface area is 85.1 Å². The van der Waals surface area contributed by atoms with E-state index in [9.17, 15) is 9.18 Å². The molecule has 0 aliphatic heterocycles. The lowest BCUT2D eigenvalue weighted by Crippen LogP contribution is -1.95. The number of aryl methyl sites for hydroxylation is 1. The summed E-state index contributed by atoms with van der Waals surface area (Å²) in [5.41, 5.74) is 1.20. The molecule has 3 heteroatoms. The zero-order valence-electron chi connectivity index (χ0n) is 7.31. The molecule has 0 aliphatic rings. The van der Waals surface area contributed by atoms with E-state index in [0.29, 0.717) is 24.0 Å². The van der Waals surface area contributed by atoms with E-state index < -0.39 is 0 Å². The second kappa shape index (κ2) is 4.51. The Morgan fingerprint density at radius 3 is 2.85 bits per heavy atom. The van der Waals surface area contributed by atoms with Crippen molar-refractivity contribution in [2.24, 2.45) is 0 Å². The molecule has 1 aromatic rings. The maximum absolute atomic E-state index is 13.4. The summed E-state index contributed by atoms with van der Waals surface area (Å²) in [6, 6.07) is 3.52. The molecule has 0 atom stereocenters. The number of carbonyl (C=O) groups excluding carboxylic acids is 1. The van der Waals surface area contributed by atoms with Crippen LogP contribution in [0.3, 0.4) is 0 Å². The van der Waals surface area contributed by atoms with Crippen LogP contribution in [-0.4, -0.2) is 6.29 Å². The Kier molecular flexibility index (Phi) is 3.60. The smallest absolute Gasteiger partial charge is 0.130 e. The van der Waals surface area contributed by atoms with Gasteiger partial charge in [0.05, 0.1) is 0 Å². The van der Waals surface area contributed by atoms with Crippen molar-refractivity contribution >= 4 is 22.2 Å². The summed E-state index contributed by atoms with van der Waals surface area (Å²) in [5, 5.41) is 0. The summed E-state index contributed by atoms with van der Waals surface area (Å²) in [6.45, 7) is 1.71. The van der Waals surface area contributed by atoms with E-state index in [0.717, 1.165) is 10.8 Å². The van der Waals surface area contributed by atoms with Crippen LogP contribution in [0.2, 0.25) is 0 Å². The molecule has 0 radical (unpaired) electrons. The molecule has 1 nitrogen and oxygen atoms in total. The SMILES string of the molecule is Cc1ccc(Br)c(CCC=O)c1F. The normalized spacial score (nSPS) is 10.1. The van der Waals surface area contributed by atoms with Crippen molar-refractivity contribution in [2.45, 2.75) is 19.8 Å². The fourth-order valence-electron chi connectivity index (χ4n) is 1.15. The van der Waals surface area contributed by atoms with E-state index in [2.05, 4.69) is 15.9 Å². The Morgan fingerprint density at radius 2 is 2.23 bits per heavy atom. The third-order valence-corrected chi connectivity index (χ3v) is 2.63. The van der Waals surface area contributed by atoms with Gasteiger partial charge in [0.15, 0.2) is 0 Å². The first kappa shape index (κ1) is 10.4. The lowest BCUT2D eigenvalue weighted by molar-refractivity contribution is -0.107. The summed E-state index contributed by atoms with van der Waals surface area (Å²) in [7, 11) is 0. The van der Waals surface area contributed by atoms with Gasteiger partial charge in [-0.15, -0.1) is 0 Å². The average Bonchev–Trinajstić information content (AvgIpc) is 2.12. The Hall–Kier alpha value is -0.700. The van der Waals surface area contributed by atoms with Gasteiger partial charge in [-0.2, -0.15) is 0 Å². The number of hydrogen-bond donors (Lipinski definition) is 0. The summed E-state index contributed by atoms with van der Waals surface area (Å²) in [4.78, 5) is 10.1. The number of halogens is 2. The fraction of sp³-hybridized carbons (Fsp3) is 0.300. The van der Waals surface area contributed by atoms with Gasteiger partial charge < -0.3 is 4.79 Å². The number of rotatable bonds is 3. The fourth-order valence-corrected chi connectivity index (χ4v) is 1.65. The largest absolute Gasteiger partial charge is 0.303 e. The molecule has 0 aromatic heterocycles. The minimum Gasteiger partial charge on any atom is -0.303 e. The molecule has 70 valence electrons. The van der Waals surface area contributed by atoms with E-state index in [1.54, 1.807) is 19.1 Å². The second-order valence-corrected chi connectivity index (χ2v) is 3.72. The van der Waals surface area contributed by atoms with Crippen LogP contribution in [0, 0.1) is 12.7 Å². The van der Waals surface area contributed by atoms with Crippen molar-refractivity contribution in [3.05, 3.63) is 33.5 Å². The molecular formula is C10H10BrFO. The highest BCUT2D eigenvalue weighted by Crippen LogP contribution is 2.23. The van der Waals surface area contributed by atoms with Gasteiger partial charge in [0.25, 0.3) is 0 Å². The summed E-state index contributed by atoms with van der Waals surface area (Å²) in [6.07, 6.45) is 1.62. The standard InChI is InChI=1S/C10H10BrFO/c1-7-4-5-9(11)8(10(7)12)3-2-6-13/h4-6H,2-3H2,1H3. The number of carbonyl (C=O) groups is 1. The van der Waals surface area contributed by atoms with E-state index in [1.165, 1.54) is 0 Å². The van der Waals surface area contributed by atoms with Gasteiger partial charge in [-0.3, -0.25) is 0 Å². The minimum absolute atomic E-state index is 0.212. The molecule has 13 heavy (non-hydrogen) atoms. The molecule has 0 heterocycles. The van der Waals surface area contributed by atoms with E-state index in [-0.39, 0.29) is 5.82 Å². The zero-order chi connectivity index (χ0) is 9.84. The van der Waals surface area contributed by atoms with Crippen molar-refractivity contribution in [3.8, 4) is 0 Å². The number of hydrogen-bond acceptors (Lipinski definition) is 1. The molecule has 0 fully saturated rings. The summed E-state index contributed by atoms with van der Waals surface area (Å²) in [5.74, 6) is -0.212. The van der Waals surface area contributed by atoms with Crippen molar-refractivity contribution in [1.82, 2.24) is 0 Å². The highest BCUT2D eigenvalue weighted by molar-refractivity contribution is 9.10. The van der Waals surface area contributed by atoms with Gasteiger partial charge in [0.1, 0.15) is 12.1 Å². The van der Waals surface area contributed by atoms with Crippen LogP contribution < -0.4 is 0 Å². The Bertz CT molecular complexity index is 323. The molecule has 0 unspecified atom stereocenters. The molecule has 0 amide bonds. The van der Waals surface area contributed by atoms with Gasteiger partial charge in [-0.05, 0) is 25.0 Å². The monoisotopic (exact) mass is 244 g/mol. The van der Waals surface area contributed by atoms with Gasteiger partial charge in [0, 0.05) is 16.5 Å². The van der Waals surface area contributed by atoms with Crippen LogP contribution >= 0.6 is 15.9 Å². The molecule has 0 aliphatic carbocycles. The van der Waals surface area contributed by atoms with Gasteiger partial charge in [-0.1, -0.05) is 22.0 Å². The topological polar surface area (TPSA) is 17.1 Å². The first-order valence-corrected chi connectivity index (χ1v) is 4.83. The molecule has 1 rings (SSSR count). The first-order valence-electron chi connectivity index (χ1n) is 4.04. The van der Waals surface area contributed by atoms with Crippen LogP contribution in [0.25, 0.3) is 0 Å². The maximum atomic E-state index is 13.4. The van der Waals surface area contributed by atoms with Crippen LogP contribution in [0.4, 0.5) is 4.39 Å². The van der Waals surface area contributed by atoms with Gasteiger partial charge >= 0.3 is 0 Å². The molecule has 0 bridgehead atoms. The molecule has 0 N–H and O–H groups in total. The number of benzene rings is 1. The molecule has 1 aromatic carbocycles. The van der Waals surface area contributed by atoms with Crippen molar-refractivity contribution in [1.29, 1.82) is 0 Å². The van der Waals surface area contributed by atoms with E-state index >= 15 is 0 Å². The lowest BCUT2D eigenvalue weighted by atomic mass is 10.1. The van der Waals surface area contributed by atoms with Crippen LogP contribution in [0.15, 0.2) is 16.6 Å². The van der Waals surface area contributed by atoms with Crippen LogP contribution in [0.5, 0.6) is 0 Å². The van der Waals surface area contributed by atoms with Crippen molar-refractivity contribution < 1.29 is 9.18 Å². The first-order chi connectivity index (χ1) is 6.16. The van der Waals surface area contributed by atoms with Gasteiger partial charge in [0.2, 0.25) is 0 Å². The van der Waals surface area contributed by atoms with Crippen LogP contribution in [0.1, 0.15) is 17.5 Å². The van der Waals surface area contributed by atoms with Crippen molar-refractivity contribution in [2.75, 3.05) is 0 Å². The third-order valence-electron chi connectivity index (χ3n) is 1.89. The van der Waals surface area contributed by atoms with E-state index in [4.69, 9.17) is 0 Å². The second-order valence-electron chi connectivity index (χ2n) is 2.86. The van der Waals surface area contributed by atoms with Crippen LogP contribution in [-0.2, 0) is 11.2 Å². The summed E-state index contributed by atoms with van der Waals surface area (Å²) >= 11 is 3.26. The average molecular weight is 245 g/mol. The Balaban J connectivity index is 3.02. The zero-order valence-corrected chi connectivity index (χ0v) is 8.90. The molecule has 0 saturated heterocycles. The van der Waals surface area contributed by atoms with Gasteiger partial charge in [-0.25, -0.2) is 4.39 Å². The molecule has 0 saturated carbocycles. The highest BCUT2D eigenvalue weighted by atomic mass is 79.9. The molecule has 0 spiro atoms. The lowest BCUT2D eigenvalue weighted by Gasteiger charge is -2.06. The predicted octanol–water partition coefficient (Wildman–Crippen LogP) is 3.03.